The predicted molar refractivity (Wildman–Crippen MR) is 84.0 cm³/mol. The molecule has 0 radical (unpaired) electrons. The number of rotatable bonds is 8. The predicted octanol–water partition coefficient (Wildman–Crippen LogP) is 4.94. The van der Waals surface area contributed by atoms with Gasteiger partial charge in [0.25, 0.3) is 0 Å². The van der Waals surface area contributed by atoms with Crippen LogP contribution in [0.5, 0.6) is 0 Å². The van der Waals surface area contributed by atoms with Gasteiger partial charge in [-0.05, 0) is 48.9 Å². The summed E-state index contributed by atoms with van der Waals surface area (Å²) in [5, 5.41) is 3.52. The van der Waals surface area contributed by atoms with Gasteiger partial charge in [0.1, 0.15) is 5.82 Å². The molecule has 0 aliphatic rings. The first kappa shape index (κ1) is 16.6. The molecule has 0 spiro atoms. The third kappa shape index (κ3) is 5.62. The molecule has 19 heavy (non-hydrogen) atoms. The van der Waals surface area contributed by atoms with Crippen molar-refractivity contribution in [1.29, 1.82) is 0 Å². The second-order valence-corrected chi connectivity index (χ2v) is 6.50. The zero-order chi connectivity index (χ0) is 14.3. The van der Waals surface area contributed by atoms with Gasteiger partial charge >= 0.3 is 0 Å². The summed E-state index contributed by atoms with van der Waals surface area (Å²) in [5.74, 6) is -0.183. The average Bonchev–Trinajstić information content (AvgIpc) is 2.34. The van der Waals surface area contributed by atoms with Gasteiger partial charge in [-0.25, -0.2) is 4.39 Å². The standard InChI is InChI=1S/C16H25BrFN/c1-4-8-16(3,12-19-9-5-2)11-13-6-7-14(18)10-15(13)17/h6-7,10,19H,4-5,8-9,11-12H2,1-3H3. The summed E-state index contributed by atoms with van der Waals surface area (Å²) in [6, 6.07) is 5.00. The lowest BCUT2D eigenvalue weighted by Gasteiger charge is -2.30. The molecule has 0 saturated heterocycles. The molecule has 3 heteroatoms. The fourth-order valence-electron chi connectivity index (χ4n) is 2.53. The van der Waals surface area contributed by atoms with Gasteiger partial charge in [0.2, 0.25) is 0 Å². The van der Waals surface area contributed by atoms with Crippen LogP contribution in [-0.4, -0.2) is 13.1 Å². The van der Waals surface area contributed by atoms with Gasteiger partial charge < -0.3 is 5.32 Å². The maximum atomic E-state index is 13.1. The van der Waals surface area contributed by atoms with Crippen LogP contribution in [0.4, 0.5) is 4.39 Å². The Kier molecular flexibility index (Phi) is 7.01. The van der Waals surface area contributed by atoms with E-state index in [1.165, 1.54) is 18.4 Å². The second-order valence-electron chi connectivity index (χ2n) is 5.65. The van der Waals surface area contributed by atoms with E-state index in [1.807, 2.05) is 6.07 Å². The highest BCUT2D eigenvalue weighted by atomic mass is 79.9. The topological polar surface area (TPSA) is 12.0 Å². The largest absolute Gasteiger partial charge is 0.316 e. The van der Waals surface area contributed by atoms with Gasteiger partial charge in [0.05, 0.1) is 0 Å². The summed E-state index contributed by atoms with van der Waals surface area (Å²) in [6.45, 7) is 8.79. The molecule has 0 saturated carbocycles. The van der Waals surface area contributed by atoms with Crippen molar-refractivity contribution in [2.75, 3.05) is 13.1 Å². The van der Waals surface area contributed by atoms with Crippen molar-refractivity contribution < 1.29 is 4.39 Å². The van der Waals surface area contributed by atoms with E-state index in [1.54, 1.807) is 12.1 Å². The molecule has 1 rings (SSSR count). The quantitative estimate of drug-likeness (QED) is 0.666. The van der Waals surface area contributed by atoms with Crippen LogP contribution >= 0.6 is 15.9 Å². The summed E-state index contributed by atoms with van der Waals surface area (Å²) < 4.78 is 14.0. The Bertz CT molecular complexity index is 394. The van der Waals surface area contributed by atoms with Gasteiger partial charge in [-0.1, -0.05) is 49.2 Å². The van der Waals surface area contributed by atoms with E-state index in [0.29, 0.717) is 0 Å². The molecule has 0 heterocycles. The Morgan fingerprint density at radius 2 is 2.00 bits per heavy atom. The molecule has 0 aliphatic carbocycles. The number of halogens is 2. The van der Waals surface area contributed by atoms with Crippen LogP contribution < -0.4 is 5.32 Å². The lowest BCUT2D eigenvalue weighted by molar-refractivity contribution is 0.275. The number of nitrogens with one attached hydrogen (secondary N) is 1. The first-order valence-electron chi connectivity index (χ1n) is 7.15. The minimum Gasteiger partial charge on any atom is -0.316 e. The Balaban J connectivity index is 2.75. The van der Waals surface area contributed by atoms with Crippen molar-refractivity contribution in [3.05, 3.63) is 34.1 Å². The number of hydrogen-bond acceptors (Lipinski definition) is 1. The summed E-state index contributed by atoms with van der Waals surface area (Å²) >= 11 is 3.47. The van der Waals surface area contributed by atoms with E-state index < -0.39 is 0 Å². The van der Waals surface area contributed by atoms with Crippen molar-refractivity contribution >= 4 is 15.9 Å². The summed E-state index contributed by atoms with van der Waals surface area (Å²) in [5.41, 5.74) is 1.42. The van der Waals surface area contributed by atoms with E-state index in [-0.39, 0.29) is 11.2 Å². The third-order valence-electron chi connectivity index (χ3n) is 3.46. The van der Waals surface area contributed by atoms with Crippen molar-refractivity contribution in [3.63, 3.8) is 0 Å². The molecule has 1 nitrogen and oxygen atoms in total. The molecule has 0 aromatic heterocycles. The molecule has 1 N–H and O–H groups in total. The summed E-state index contributed by atoms with van der Waals surface area (Å²) in [7, 11) is 0. The first-order chi connectivity index (χ1) is 9.00. The van der Waals surface area contributed by atoms with Gasteiger partial charge in [0.15, 0.2) is 0 Å². The highest BCUT2D eigenvalue weighted by Gasteiger charge is 2.24. The van der Waals surface area contributed by atoms with Gasteiger partial charge in [0, 0.05) is 11.0 Å². The van der Waals surface area contributed by atoms with Crippen LogP contribution in [0.1, 0.15) is 45.6 Å². The number of benzene rings is 1. The summed E-state index contributed by atoms with van der Waals surface area (Å²) in [4.78, 5) is 0. The molecule has 108 valence electrons. The Labute approximate surface area is 125 Å². The normalized spacial score (nSPS) is 14.4. The summed E-state index contributed by atoms with van der Waals surface area (Å²) in [6.07, 6.45) is 4.47. The maximum Gasteiger partial charge on any atom is 0.124 e. The lowest BCUT2D eigenvalue weighted by atomic mass is 9.79. The molecule has 1 aromatic carbocycles. The molecular formula is C16H25BrFN. The molecule has 0 bridgehead atoms. The van der Waals surface area contributed by atoms with Crippen molar-refractivity contribution in [2.24, 2.45) is 5.41 Å². The number of hydrogen-bond donors (Lipinski definition) is 1. The van der Waals surface area contributed by atoms with Crippen LogP contribution in [0, 0.1) is 11.2 Å². The van der Waals surface area contributed by atoms with E-state index in [2.05, 4.69) is 42.0 Å². The van der Waals surface area contributed by atoms with Gasteiger partial charge in [-0.3, -0.25) is 0 Å². The zero-order valence-electron chi connectivity index (χ0n) is 12.2. The highest BCUT2D eigenvalue weighted by molar-refractivity contribution is 9.10. The molecule has 0 fully saturated rings. The van der Waals surface area contributed by atoms with Crippen molar-refractivity contribution in [3.8, 4) is 0 Å². The minimum absolute atomic E-state index is 0.183. The Hall–Kier alpha value is -0.410. The van der Waals surface area contributed by atoms with E-state index in [0.717, 1.165) is 30.4 Å². The zero-order valence-corrected chi connectivity index (χ0v) is 13.8. The van der Waals surface area contributed by atoms with Crippen LogP contribution in [0.15, 0.2) is 22.7 Å². The molecule has 1 unspecified atom stereocenters. The minimum atomic E-state index is -0.183. The van der Waals surface area contributed by atoms with Crippen molar-refractivity contribution in [2.45, 2.75) is 46.5 Å². The Morgan fingerprint density at radius 3 is 2.58 bits per heavy atom. The van der Waals surface area contributed by atoms with Crippen LogP contribution in [0.3, 0.4) is 0 Å². The fraction of sp³-hybridized carbons (Fsp3) is 0.625. The molecular weight excluding hydrogens is 305 g/mol. The average molecular weight is 330 g/mol. The second kappa shape index (κ2) is 8.01. The smallest absolute Gasteiger partial charge is 0.124 e. The highest BCUT2D eigenvalue weighted by Crippen LogP contribution is 2.31. The lowest BCUT2D eigenvalue weighted by Crippen LogP contribution is -2.34. The van der Waals surface area contributed by atoms with Crippen LogP contribution in [0.2, 0.25) is 0 Å². The molecule has 0 aliphatic heterocycles. The molecule has 1 atom stereocenters. The molecule has 0 amide bonds. The monoisotopic (exact) mass is 329 g/mol. The van der Waals surface area contributed by atoms with Gasteiger partial charge in [-0.15, -0.1) is 0 Å². The first-order valence-corrected chi connectivity index (χ1v) is 7.94. The third-order valence-corrected chi connectivity index (χ3v) is 4.20. The van der Waals surface area contributed by atoms with E-state index >= 15 is 0 Å². The molecule has 1 aromatic rings. The van der Waals surface area contributed by atoms with E-state index in [4.69, 9.17) is 0 Å². The SMILES string of the molecule is CCCNCC(C)(CCC)Cc1ccc(F)cc1Br. The van der Waals surface area contributed by atoms with Crippen LogP contribution in [0.25, 0.3) is 0 Å². The Morgan fingerprint density at radius 1 is 1.26 bits per heavy atom. The fourth-order valence-corrected chi connectivity index (χ4v) is 3.03. The van der Waals surface area contributed by atoms with Gasteiger partial charge in [-0.2, -0.15) is 0 Å². The maximum absolute atomic E-state index is 13.1. The van der Waals surface area contributed by atoms with E-state index in [9.17, 15) is 4.39 Å². The van der Waals surface area contributed by atoms with Crippen molar-refractivity contribution in [1.82, 2.24) is 5.32 Å². The van der Waals surface area contributed by atoms with Crippen LogP contribution in [-0.2, 0) is 6.42 Å².